The minimum absolute atomic E-state index is 0.000173. The Labute approximate surface area is 129 Å². The first-order valence-electron chi connectivity index (χ1n) is 7.17. The molecule has 1 saturated carbocycles. The van der Waals surface area contributed by atoms with Gasteiger partial charge in [0.1, 0.15) is 0 Å². The van der Waals surface area contributed by atoms with E-state index in [0.29, 0.717) is 6.54 Å². The predicted molar refractivity (Wildman–Crippen MR) is 85.6 cm³/mol. The van der Waals surface area contributed by atoms with E-state index < -0.39 is 5.54 Å². The summed E-state index contributed by atoms with van der Waals surface area (Å²) in [6.07, 6.45) is 3.72. The molecule has 0 bridgehead atoms. The van der Waals surface area contributed by atoms with Gasteiger partial charge in [-0.25, -0.2) is 0 Å². The Morgan fingerprint density at radius 1 is 1.30 bits per heavy atom. The molecule has 0 heterocycles. The summed E-state index contributed by atoms with van der Waals surface area (Å²) in [5.74, 6) is 0.000173. The van der Waals surface area contributed by atoms with Crippen molar-refractivity contribution < 1.29 is 4.79 Å². The molecule has 0 spiro atoms. The van der Waals surface area contributed by atoms with Crippen LogP contribution < -0.4 is 11.1 Å². The number of hydrogen-bond donors (Lipinski definition) is 2. The summed E-state index contributed by atoms with van der Waals surface area (Å²) in [5.41, 5.74) is 6.63. The Bertz CT molecular complexity index is 476. The second-order valence-electron chi connectivity index (χ2n) is 6.44. The van der Waals surface area contributed by atoms with Gasteiger partial charge in [0.2, 0.25) is 5.91 Å². The third-order valence-corrected chi connectivity index (χ3v) is 4.79. The standard InChI is InChI=1S/C16H23BrN2O/c1-15(2,12-5-7-13(17)8-6-12)11-19-14(20)16(18)9-3-4-10-16/h5-8H,3-4,9-11,18H2,1-2H3,(H,19,20). The summed E-state index contributed by atoms with van der Waals surface area (Å²) in [5, 5.41) is 3.04. The van der Waals surface area contributed by atoms with Crippen molar-refractivity contribution in [3.63, 3.8) is 0 Å². The lowest BCUT2D eigenvalue weighted by Gasteiger charge is -2.29. The molecule has 1 aliphatic carbocycles. The van der Waals surface area contributed by atoms with E-state index in [9.17, 15) is 4.79 Å². The highest BCUT2D eigenvalue weighted by Crippen LogP contribution is 2.28. The van der Waals surface area contributed by atoms with Crippen molar-refractivity contribution in [3.8, 4) is 0 Å². The Hall–Kier alpha value is -0.870. The highest BCUT2D eigenvalue weighted by atomic mass is 79.9. The number of amides is 1. The second-order valence-corrected chi connectivity index (χ2v) is 7.35. The molecule has 1 aromatic rings. The molecule has 1 aliphatic rings. The average Bonchev–Trinajstić information content (AvgIpc) is 2.85. The van der Waals surface area contributed by atoms with Crippen LogP contribution >= 0.6 is 15.9 Å². The summed E-state index contributed by atoms with van der Waals surface area (Å²) in [7, 11) is 0. The van der Waals surface area contributed by atoms with Crippen LogP contribution in [0.4, 0.5) is 0 Å². The van der Waals surface area contributed by atoms with Gasteiger partial charge in [0.25, 0.3) is 0 Å². The molecule has 0 radical (unpaired) electrons. The van der Waals surface area contributed by atoms with Crippen molar-refractivity contribution in [2.24, 2.45) is 5.73 Å². The number of halogens is 1. The quantitative estimate of drug-likeness (QED) is 0.886. The summed E-state index contributed by atoms with van der Waals surface area (Å²) in [4.78, 5) is 12.3. The van der Waals surface area contributed by atoms with Crippen molar-refractivity contribution in [3.05, 3.63) is 34.3 Å². The zero-order chi connectivity index (χ0) is 14.8. The Morgan fingerprint density at radius 2 is 1.85 bits per heavy atom. The molecule has 3 nitrogen and oxygen atoms in total. The Morgan fingerprint density at radius 3 is 2.40 bits per heavy atom. The van der Waals surface area contributed by atoms with Crippen LogP contribution in [0.15, 0.2) is 28.7 Å². The second kappa shape index (κ2) is 5.86. The highest BCUT2D eigenvalue weighted by molar-refractivity contribution is 9.10. The number of carbonyl (C=O) groups excluding carboxylic acids is 1. The van der Waals surface area contributed by atoms with Crippen molar-refractivity contribution >= 4 is 21.8 Å². The minimum atomic E-state index is -0.643. The van der Waals surface area contributed by atoms with E-state index in [2.05, 4.69) is 47.2 Å². The van der Waals surface area contributed by atoms with Crippen molar-refractivity contribution in [2.75, 3.05) is 6.54 Å². The maximum Gasteiger partial charge on any atom is 0.240 e. The normalized spacial score (nSPS) is 18.0. The minimum Gasteiger partial charge on any atom is -0.354 e. The van der Waals surface area contributed by atoms with Crippen LogP contribution in [0.5, 0.6) is 0 Å². The first-order valence-corrected chi connectivity index (χ1v) is 7.96. The molecule has 1 amide bonds. The van der Waals surface area contributed by atoms with Gasteiger partial charge >= 0.3 is 0 Å². The topological polar surface area (TPSA) is 55.1 Å². The maximum atomic E-state index is 12.3. The smallest absolute Gasteiger partial charge is 0.240 e. The number of nitrogens with two attached hydrogens (primary N) is 1. The van der Waals surface area contributed by atoms with Crippen molar-refractivity contribution in [1.29, 1.82) is 0 Å². The van der Waals surface area contributed by atoms with Gasteiger partial charge in [-0.05, 0) is 30.5 Å². The largest absolute Gasteiger partial charge is 0.354 e. The SMILES string of the molecule is CC(C)(CNC(=O)C1(N)CCCC1)c1ccc(Br)cc1. The summed E-state index contributed by atoms with van der Waals surface area (Å²) in [6.45, 7) is 4.87. The van der Waals surface area contributed by atoms with Gasteiger partial charge in [-0.3, -0.25) is 4.79 Å². The van der Waals surface area contributed by atoms with Gasteiger partial charge in [0.15, 0.2) is 0 Å². The average molecular weight is 339 g/mol. The van der Waals surface area contributed by atoms with Gasteiger partial charge in [-0.15, -0.1) is 0 Å². The Kier molecular flexibility index (Phi) is 4.55. The summed E-state index contributed by atoms with van der Waals surface area (Å²) < 4.78 is 1.06. The summed E-state index contributed by atoms with van der Waals surface area (Å²) >= 11 is 3.44. The van der Waals surface area contributed by atoms with Gasteiger partial charge in [-0.2, -0.15) is 0 Å². The van der Waals surface area contributed by atoms with Crippen LogP contribution in [-0.4, -0.2) is 18.0 Å². The fourth-order valence-electron chi connectivity index (χ4n) is 2.71. The fourth-order valence-corrected chi connectivity index (χ4v) is 2.98. The lowest BCUT2D eigenvalue weighted by molar-refractivity contribution is -0.126. The monoisotopic (exact) mass is 338 g/mol. The van der Waals surface area contributed by atoms with E-state index in [-0.39, 0.29) is 11.3 Å². The molecule has 2 rings (SSSR count). The molecule has 1 aromatic carbocycles. The van der Waals surface area contributed by atoms with Gasteiger partial charge in [0.05, 0.1) is 5.54 Å². The lowest BCUT2D eigenvalue weighted by atomic mass is 9.84. The predicted octanol–water partition coefficient (Wildman–Crippen LogP) is 3.11. The number of carbonyl (C=O) groups is 1. The van der Waals surface area contributed by atoms with E-state index >= 15 is 0 Å². The maximum absolute atomic E-state index is 12.3. The van der Waals surface area contributed by atoms with E-state index in [1.807, 2.05) is 12.1 Å². The molecular formula is C16H23BrN2O. The van der Waals surface area contributed by atoms with E-state index in [4.69, 9.17) is 5.73 Å². The molecule has 0 unspecified atom stereocenters. The third kappa shape index (κ3) is 3.41. The molecule has 0 aliphatic heterocycles. The Balaban J connectivity index is 1.98. The van der Waals surface area contributed by atoms with Gasteiger partial charge < -0.3 is 11.1 Å². The molecule has 20 heavy (non-hydrogen) atoms. The molecular weight excluding hydrogens is 316 g/mol. The fraction of sp³-hybridized carbons (Fsp3) is 0.562. The molecule has 4 heteroatoms. The molecule has 0 saturated heterocycles. The zero-order valence-electron chi connectivity index (χ0n) is 12.2. The number of hydrogen-bond acceptors (Lipinski definition) is 2. The molecule has 0 aromatic heterocycles. The van der Waals surface area contributed by atoms with Gasteiger partial charge in [0, 0.05) is 16.4 Å². The lowest BCUT2D eigenvalue weighted by Crippen LogP contribution is -2.53. The number of benzene rings is 1. The number of nitrogens with one attached hydrogen (secondary N) is 1. The first-order chi connectivity index (χ1) is 9.33. The molecule has 3 N–H and O–H groups in total. The van der Waals surface area contributed by atoms with Crippen molar-refractivity contribution in [2.45, 2.75) is 50.5 Å². The molecule has 1 fully saturated rings. The molecule has 0 atom stereocenters. The molecule has 110 valence electrons. The van der Waals surface area contributed by atoms with Crippen LogP contribution in [-0.2, 0) is 10.2 Å². The number of rotatable bonds is 4. The van der Waals surface area contributed by atoms with Crippen molar-refractivity contribution in [1.82, 2.24) is 5.32 Å². The summed E-state index contributed by atoms with van der Waals surface area (Å²) in [6, 6.07) is 8.23. The van der Waals surface area contributed by atoms with E-state index in [1.54, 1.807) is 0 Å². The first kappa shape index (κ1) is 15.5. The third-order valence-electron chi connectivity index (χ3n) is 4.26. The van der Waals surface area contributed by atoms with Crippen LogP contribution in [0, 0.1) is 0 Å². The van der Waals surface area contributed by atoms with Crippen LogP contribution in [0.25, 0.3) is 0 Å². The zero-order valence-corrected chi connectivity index (χ0v) is 13.8. The highest BCUT2D eigenvalue weighted by Gasteiger charge is 2.37. The van der Waals surface area contributed by atoms with Crippen LogP contribution in [0.3, 0.4) is 0 Å². The van der Waals surface area contributed by atoms with E-state index in [1.165, 1.54) is 5.56 Å². The van der Waals surface area contributed by atoms with Gasteiger partial charge in [-0.1, -0.05) is 54.8 Å². The van der Waals surface area contributed by atoms with Crippen LogP contribution in [0.1, 0.15) is 45.1 Å². The van der Waals surface area contributed by atoms with Crippen LogP contribution in [0.2, 0.25) is 0 Å². The van der Waals surface area contributed by atoms with E-state index in [0.717, 1.165) is 30.2 Å².